The average Bonchev–Trinajstić information content (AvgIpc) is 2.16. The Morgan fingerprint density at radius 1 is 1.12 bits per heavy atom. The maximum Gasteiger partial charge on any atom is 0.138 e. The Balaban J connectivity index is 2.80. The number of aromatic nitrogens is 1. The molecule has 2 heteroatoms. The van der Waals surface area contributed by atoms with Crippen LogP contribution in [0.25, 0.3) is 0 Å². The summed E-state index contributed by atoms with van der Waals surface area (Å²) in [6.45, 7) is 12.9. The minimum Gasteiger partial charge on any atom is -0.486 e. The summed E-state index contributed by atoms with van der Waals surface area (Å²) in [5.41, 5.74) is 0.986. The maximum absolute atomic E-state index is 6.00. The van der Waals surface area contributed by atoms with Gasteiger partial charge >= 0.3 is 0 Å². The number of ether oxygens (including phenoxy) is 1. The predicted molar refractivity (Wildman–Crippen MR) is 67.8 cm³/mol. The van der Waals surface area contributed by atoms with Crippen LogP contribution in [-0.4, -0.2) is 10.6 Å². The minimum atomic E-state index is -0.206. The van der Waals surface area contributed by atoms with Crippen LogP contribution in [0, 0.1) is 5.41 Å². The Kier molecular flexibility index (Phi) is 3.61. The summed E-state index contributed by atoms with van der Waals surface area (Å²) >= 11 is 0. The highest BCUT2D eigenvalue weighted by atomic mass is 16.5. The summed E-state index contributed by atoms with van der Waals surface area (Å²) in [5, 5.41) is 0. The van der Waals surface area contributed by atoms with E-state index in [9.17, 15) is 0 Å². The van der Waals surface area contributed by atoms with E-state index in [2.05, 4.69) is 46.5 Å². The van der Waals surface area contributed by atoms with Crippen molar-refractivity contribution in [1.82, 2.24) is 4.98 Å². The van der Waals surface area contributed by atoms with E-state index in [0.717, 1.165) is 17.9 Å². The van der Waals surface area contributed by atoms with Gasteiger partial charge in [0.1, 0.15) is 11.4 Å². The van der Waals surface area contributed by atoms with Gasteiger partial charge in [-0.1, -0.05) is 27.7 Å². The number of aryl methyl sites for hydroxylation is 1. The third-order valence-electron chi connectivity index (χ3n) is 3.34. The van der Waals surface area contributed by atoms with Gasteiger partial charge in [0, 0.05) is 11.1 Å². The molecule has 90 valence electrons. The molecular weight excluding hydrogens is 198 g/mol. The van der Waals surface area contributed by atoms with Gasteiger partial charge in [-0.25, -0.2) is 0 Å². The normalized spacial score (nSPS) is 12.6. The van der Waals surface area contributed by atoms with Gasteiger partial charge in [-0.05, 0) is 32.4 Å². The summed E-state index contributed by atoms with van der Waals surface area (Å²) < 4.78 is 6.00. The molecular formula is C14H23NO. The Hall–Kier alpha value is -1.05. The number of hydrogen-bond acceptors (Lipinski definition) is 2. The van der Waals surface area contributed by atoms with E-state index in [1.54, 1.807) is 0 Å². The standard InChI is InChI=1S/C14H23NO/c1-7-11-8-9-12(10-15-11)16-14(5,6)13(2,3)4/h8-10H,7H2,1-6H3. The highest BCUT2D eigenvalue weighted by Crippen LogP contribution is 2.33. The fourth-order valence-corrected chi connectivity index (χ4v) is 1.13. The van der Waals surface area contributed by atoms with E-state index in [1.165, 1.54) is 0 Å². The molecule has 16 heavy (non-hydrogen) atoms. The number of hydrogen-bond donors (Lipinski definition) is 0. The number of nitrogens with zero attached hydrogens (tertiary/aromatic N) is 1. The molecule has 0 fully saturated rings. The molecule has 0 radical (unpaired) electrons. The number of rotatable bonds is 3. The maximum atomic E-state index is 6.00. The van der Waals surface area contributed by atoms with Crippen molar-refractivity contribution in [2.75, 3.05) is 0 Å². The average molecular weight is 221 g/mol. The molecule has 0 saturated heterocycles. The lowest BCUT2D eigenvalue weighted by Crippen LogP contribution is -2.42. The first-order valence-corrected chi connectivity index (χ1v) is 5.90. The second-order valence-electron chi connectivity index (χ2n) is 5.70. The van der Waals surface area contributed by atoms with Gasteiger partial charge in [-0.15, -0.1) is 0 Å². The van der Waals surface area contributed by atoms with E-state index >= 15 is 0 Å². The molecule has 0 unspecified atom stereocenters. The summed E-state index contributed by atoms with van der Waals surface area (Å²) in [6, 6.07) is 4.02. The Bertz CT molecular complexity index is 333. The van der Waals surface area contributed by atoms with Crippen LogP contribution in [0.1, 0.15) is 47.2 Å². The molecule has 0 aliphatic heterocycles. The van der Waals surface area contributed by atoms with Gasteiger partial charge in [0.05, 0.1) is 6.20 Å². The second-order valence-corrected chi connectivity index (χ2v) is 5.70. The van der Waals surface area contributed by atoms with Crippen molar-refractivity contribution in [3.05, 3.63) is 24.0 Å². The smallest absolute Gasteiger partial charge is 0.138 e. The fraction of sp³-hybridized carbons (Fsp3) is 0.643. The lowest BCUT2D eigenvalue weighted by Gasteiger charge is -2.38. The molecule has 1 aromatic rings. The topological polar surface area (TPSA) is 22.1 Å². The van der Waals surface area contributed by atoms with Crippen molar-refractivity contribution >= 4 is 0 Å². The number of pyridine rings is 1. The van der Waals surface area contributed by atoms with Crippen molar-refractivity contribution in [2.45, 2.75) is 53.6 Å². The Morgan fingerprint density at radius 3 is 2.12 bits per heavy atom. The lowest BCUT2D eigenvalue weighted by atomic mass is 9.79. The van der Waals surface area contributed by atoms with Crippen LogP contribution in [0.15, 0.2) is 18.3 Å². The van der Waals surface area contributed by atoms with Crippen LogP contribution in [0.4, 0.5) is 0 Å². The van der Waals surface area contributed by atoms with E-state index < -0.39 is 0 Å². The van der Waals surface area contributed by atoms with Gasteiger partial charge in [-0.2, -0.15) is 0 Å². The van der Waals surface area contributed by atoms with Crippen LogP contribution in [0.3, 0.4) is 0 Å². The summed E-state index contributed by atoms with van der Waals surface area (Å²) in [5.74, 6) is 0.845. The third kappa shape index (κ3) is 2.97. The second kappa shape index (κ2) is 4.44. The zero-order chi connectivity index (χ0) is 12.4. The molecule has 0 bridgehead atoms. The van der Waals surface area contributed by atoms with Gasteiger partial charge in [-0.3, -0.25) is 4.98 Å². The molecule has 1 aromatic heterocycles. The summed E-state index contributed by atoms with van der Waals surface area (Å²) in [4.78, 5) is 4.34. The van der Waals surface area contributed by atoms with Gasteiger partial charge in [0.15, 0.2) is 0 Å². The molecule has 1 rings (SSSR count). The van der Waals surface area contributed by atoms with Gasteiger partial charge < -0.3 is 4.74 Å². The molecule has 0 N–H and O–H groups in total. The van der Waals surface area contributed by atoms with E-state index in [-0.39, 0.29) is 11.0 Å². The molecule has 0 aliphatic carbocycles. The van der Waals surface area contributed by atoms with E-state index in [1.807, 2.05) is 18.3 Å². The van der Waals surface area contributed by atoms with Crippen molar-refractivity contribution < 1.29 is 4.74 Å². The van der Waals surface area contributed by atoms with Crippen molar-refractivity contribution in [1.29, 1.82) is 0 Å². The van der Waals surface area contributed by atoms with Crippen LogP contribution in [0.2, 0.25) is 0 Å². The van der Waals surface area contributed by atoms with Crippen molar-refractivity contribution in [2.24, 2.45) is 5.41 Å². The monoisotopic (exact) mass is 221 g/mol. The summed E-state index contributed by atoms with van der Waals surface area (Å²) in [7, 11) is 0. The molecule has 0 spiro atoms. The molecule has 0 saturated carbocycles. The molecule has 2 nitrogen and oxygen atoms in total. The van der Waals surface area contributed by atoms with Crippen molar-refractivity contribution in [3.8, 4) is 5.75 Å². The molecule has 0 aliphatic rings. The van der Waals surface area contributed by atoms with Crippen LogP contribution < -0.4 is 4.74 Å². The highest BCUT2D eigenvalue weighted by Gasteiger charge is 2.34. The SMILES string of the molecule is CCc1ccc(OC(C)(C)C(C)(C)C)cn1. The first-order chi connectivity index (χ1) is 7.26. The Labute approximate surface area is 99.0 Å². The third-order valence-corrected chi connectivity index (χ3v) is 3.34. The molecule has 0 aromatic carbocycles. The quantitative estimate of drug-likeness (QED) is 0.773. The fourth-order valence-electron chi connectivity index (χ4n) is 1.13. The molecule has 1 heterocycles. The minimum absolute atomic E-state index is 0.0937. The zero-order valence-electron chi connectivity index (χ0n) is 11.3. The lowest BCUT2D eigenvalue weighted by molar-refractivity contribution is 0.000498. The first kappa shape index (κ1) is 13.0. The van der Waals surface area contributed by atoms with Crippen LogP contribution in [-0.2, 0) is 6.42 Å². The molecule has 0 atom stereocenters. The Morgan fingerprint density at radius 2 is 1.75 bits per heavy atom. The first-order valence-electron chi connectivity index (χ1n) is 5.90. The highest BCUT2D eigenvalue weighted by molar-refractivity contribution is 5.21. The molecule has 0 amide bonds. The van der Waals surface area contributed by atoms with Crippen LogP contribution >= 0.6 is 0 Å². The van der Waals surface area contributed by atoms with Gasteiger partial charge in [0.25, 0.3) is 0 Å². The van der Waals surface area contributed by atoms with E-state index in [0.29, 0.717) is 0 Å². The van der Waals surface area contributed by atoms with Crippen LogP contribution in [0.5, 0.6) is 5.75 Å². The summed E-state index contributed by atoms with van der Waals surface area (Å²) in [6.07, 6.45) is 2.77. The van der Waals surface area contributed by atoms with Crippen molar-refractivity contribution in [3.63, 3.8) is 0 Å². The zero-order valence-corrected chi connectivity index (χ0v) is 11.3. The van der Waals surface area contributed by atoms with Gasteiger partial charge in [0.2, 0.25) is 0 Å². The predicted octanol–water partition coefficient (Wildman–Crippen LogP) is 3.85. The largest absolute Gasteiger partial charge is 0.486 e. The van der Waals surface area contributed by atoms with E-state index in [4.69, 9.17) is 4.74 Å².